The van der Waals surface area contributed by atoms with Gasteiger partial charge in [-0.15, -0.1) is 0 Å². The highest BCUT2D eigenvalue weighted by Crippen LogP contribution is 2.38. The first-order valence-corrected chi connectivity index (χ1v) is 14.9. The van der Waals surface area contributed by atoms with Crippen LogP contribution in [0.25, 0.3) is 0 Å². The van der Waals surface area contributed by atoms with Gasteiger partial charge in [-0.2, -0.15) is 17.6 Å². The summed E-state index contributed by atoms with van der Waals surface area (Å²) in [4.78, 5) is 32.1. The van der Waals surface area contributed by atoms with Crippen LogP contribution in [0.15, 0.2) is 53.9 Å². The monoisotopic (exact) mass is 639 g/mol. The number of pyridine rings is 1. The van der Waals surface area contributed by atoms with Crippen molar-refractivity contribution in [3.05, 3.63) is 65.4 Å². The summed E-state index contributed by atoms with van der Waals surface area (Å²) in [5.74, 6) is -0.898. The van der Waals surface area contributed by atoms with E-state index in [1.54, 1.807) is 18.4 Å². The molecule has 1 aromatic rings. The second kappa shape index (κ2) is 12.7. The van der Waals surface area contributed by atoms with Crippen molar-refractivity contribution in [2.75, 3.05) is 19.6 Å². The zero-order valence-electron chi connectivity index (χ0n) is 24.9. The Balaban J connectivity index is 1.24. The molecule has 2 fully saturated rings. The smallest absolute Gasteiger partial charge is 0.365 e. The van der Waals surface area contributed by atoms with E-state index in [2.05, 4.69) is 31.6 Å². The highest BCUT2D eigenvalue weighted by molar-refractivity contribution is 5.95. The van der Waals surface area contributed by atoms with Crippen molar-refractivity contribution in [3.63, 3.8) is 0 Å². The molecule has 0 spiro atoms. The van der Waals surface area contributed by atoms with Crippen LogP contribution in [0.4, 0.5) is 26.7 Å². The Kier molecular flexibility index (Phi) is 9.14. The summed E-state index contributed by atoms with van der Waals surface area (Å²) in [6.45, 7) is 2.48. The Morgan fingerprint density at radius 1 is 1.16 bits per heavy atom. The first-order chi connectivity index (χ1) is 21.2. The highest BCUT2D eigenvalue weighted by atomic mass is 19.4. The molecule has 3 aliphatic heterocycles. The highest BCUT2D eigenvalue weighted by Gasteiger charge is 2.49. The van der Waals surface area contributed by atoms with E-state index in [4.69, 9.17) is 5.73 Å². The average Bonchev–Trinajstić information content (AvgIpc) is 3.59. The van der Waals surface area contributed by atoms with Crippen molar-refractivity contribution in [3.8, 4) is 0 Å². The SMILES string of the molecule is CC(C)(NC(=O)N1CCN2C(C(N)/C=C\C3NC=C(NC(=O)c4ccnc(F)c4)N3)=C(C3CCC(F)CC3)NC2C1)C(F)(F)F. The molecule has 5 rings (SSSR count). The van der Waals surface area contributed by atoms with Crippen molar-refractivity contribution in [1.82, 2.24) is 41.4 Å². The van der Waals surface area contributed by atoms with Gasteiger partial charge in [0.1, 0.15) is 29.9 Å². The molecular weight excluding hydrogens is 601 g/mol. The molecule has 1 saturated heterocycles. The van der Waals surface area contributed by atoms with Crippen LogP contribution in [0.2, 0.25) is 0 Å². The zero-order chi connectivity index (χ0) is 32.5. The topological polar surface area (TPSA) is 140 Å². The van der Waals surface area contributed by atoms with Gasteiger partial charge < -0.3 is 42.1 Å². The molecule has 3 unspecified atom stereocenters. The third-order valence-corrected chi connectivity index (χ3v) is 8.55. The fraction of sp³-hybridized carbons (Fsp3) is 0.552. The molecule has 4 aliphatic rings. The predicted octanol–water partition coefficient (Wildman–Crippen LogP) is 2.49. The van der Waals surface area contributed by atoms with Gasteiger partial charge in [-0.1, -0.05) is 6.08 Å². The van der Waals surface area contributed by atoms with Crippen LogP contribution in [0.5, 0.6) is 0 Å². The van der Waals surface area contributed by atoms with Crippen molar-refractivity contribution in [1.29, 1.82) is 0 Å². The minimum atomic E-state index is -4.61. The molecular formula is C29H38F5N9O2. The molecule has 45 heavy (non-hydrogen) atoms. The standard InChI is InChI=1S/C29H38F5N9O2/c1-28(2,29(32,33)34)41-27(45)42-11-12-43-23(15-42)40-24(16-3-5-18(30)6-4-16)25(43)19(35)7-8-21-37-14-22(38-21)39-26(44)17-9-10-36-20(31)13-17/h7-10,13-14,16,18-19,21,23,37-38,40H,3-6,11-12,15,35H2,1-2H3,(H,39,44)(H,41,45)/b8-7-. The number of fused-ring (bicyclic) bond motifs is 1. The predicted molar refractivity (Wildman–Crippen MR) is 155 cm³/mol. The summed E-state index contributed by atoms with van der Waals surface area (Å²) in [6, 6.07) is 1.01. The fourth-order valence-electron chi connectivity index (χ4n) is 5.90. The molecule has 0 aromatic carbocycles. The number of piperazine rings is 1. The van der Waals surface area contributed by atoms with Crippen LogP contribution < -0.4 is 32.3 Å². The summed E-state index contributed by atoms with van der Waals surface area (Å²) < 4.78 is 67.6. The lowest BCUT2D eigenvalue weighted by Crippen LogP contribution is -2.63. The largest absolute Gasteiger partial charge is 0.411 e. The van der Waals surface area contributed by atoms with Crippen LogP contribution >= 0.6 is 0 Å². The van der Waals surface area contributed by atoms with E-state index in [9.17, 15) is 31.5 Å². The first kappa shape index (κ1) is 32.3. The minimum absolute atomic E-state index is 0.0210. The van der Waals surface area contributed by atoms with Crippen LogP contribution in [0.3, 0.4) is 0 Å². The molecule has 0 bridgehead atoms. The number of halogens is 5. The van der Waals surface area contributed by atoms with Gasteiger partial charge in [-0.05, 0) is 51.7 Å². The van der Waals surface area contributed by atoms with E-state index in [0.29, 0.717) is 38.0 Å². The zero-order valence-corrected chi connectivity index (χ0v) is 24.9. The van der Waals surface area contributed by atoms with Crippen molar-refractivity contribution >= 4 is 11.9 Å². The second-order valence-corrected chi connectivity index (χ2v) is 12.2. The molecule has 11 nitrogen and oxygen atoms in total. The maximum Gasteiger partial charge on any atom is 0.411 e. The molecule has 1 aliphatic carbocycles. The van der Waals surface area contributed by atoms with Crippen LogP contribution in [0.1, 0.15) is 49.9 Å². The average molecular weight is 640 g/mol. The summed E-state index contributed by atoms with van der Waals surface area (Å²) in [5, 5.41) is 14.4. The van der Waals surface area contributed by atoms with Gasteiger partial charge >= 0.3 is 12.2 Å². The van der Waals surface area contributed by atoms with E-state index in [1.165, 1.54) is 17.2 Å². The number of allylic oxidation sites excluding steroid dienone is 1. The van der Waals surface area contributed by atoms with Crippen molar-refractivity contribution in [2.24, 2.45) is 11.7 Å². The normalized spacial score (nSPS) is 26.1. The number of amides is 3. The number of alkyl halides is 4. The van der Waals surface area contributed by atoms with E-state index >= 15 is 0 Å². The lowest BCUT2D eigenvalue weighted by atomic mass is 9.84. The van der Waals surface area contributed by atoms with E-state index in [-0.39, 0.29) is 24.6 Å². The third kappa shape index (κ3) is 7.26. The Morgan fingerprint density at radius 2 is 1.89 bits per heavy atom. The molecule has 1 aromatic heterocycles. The number of urea groups is 1. The summed E-state index contributed by atoms with van der Waals surface area (Å²) in [7, 11) is 0. The van der Waals surface area contributed by atoms with Crippen molar-refractivity contribution in [2.45, 2.75) is 75.8 Å². The number of carbonyl (C=O) groups is 2. The molecule has 0 radical (unpaired) electrons. The first-order valence-electron chi connectivity index (χ1n) is 14.9. The fourth-order valence-corrected chi connectivity index (χ4v) is 5.90. The number of nitrogens with one attached hydrogen (secondary N) is 5. The third-order valence-electron chi connectivity index (χ3n) is 8.55. The minimum Gasteiger partial charge on any atom is -0.365 e. The number of nitrogens with two attached hydrogens (primary N) is 1. The van der Waals surface area contributed by atoms with Gasteiger partial charge in [0.15, 0.2) is 0 Å². The molecule has 1 saturated carbocycles. The number of carbonyl (C=O) groups excluding carboxylic acids is 2. The molecule has 7 N–H and O–H groups in total. The maximum absolute atomic E-state index is 14.0. The second-order valence-electron chi connectivity index (χ2n) is 12.2. The molecule has 246 valence electrons. The lowest BCUT2D eigenvalue weighted by Gasteiger charge is -2.41. The van der Waals surface area contributed by atoms with E-state index < -0.39 is 54.1 Å². The molecule has 3 amide bonds. The summed E-state index contributed by atoms with van der Waals surface area (Å²) >= 11 is 0. The van der Waals surface area contributed by atoms with Gasteiger partial charge in [-0.25, -0.2) is 14.2 Å². The Bertz CT molecular complexity index is 1370. The lowest BCUT2D eigenvalue weighted by molar-refractivity contribution is -0.183. The van der Waals surface area contributed by atoms with Gasteiger partial charge in [0, 0.05) is 48.7 Å². The Morgan fingerprint density at radius 3 is 2.58 bits per heavy atom. The molecule has 16 heteroatoms. The van der Waals surface area contributed by atoms with E-state index in [1.807, 2.05) is 4.90 Å². The van der Waals surface area contributed by atoms with Crippen LogP contribution in [-0.4, -0.2) is 82.6 Å². The Labute approximate surface area is 257 Å². The molecule has 3 atom stereocenters. The molecule has 4 heterocycles. The number of aromatic nitrogens is 1. The number of hydrogen-bond donors (Lipinski definition) is 6. The quantitative estimate of drug-likeness (QED) is 0.152. The summed E-state index contributed by atoms with van der Waals surface area (Å²) in [5.41, 5.74) is 6.10. The van der Waals surface area contributed by atoms with Crippen molar-refractivity contribution < 1.29 is 31.5 Å². The maximum atomic E-state index is 14.0. The summed E-state index contributed by atoms with van der Waals surface area (Å²) in [6.07, 6.45) is 2.10. The number of rotatable bonds is 7. The number of hydrogen-bond acceptors (Lipinski definition) is 8. The van der Waals surface area contributed by atoms with Gasteiger partial charge in [0.25, 0.3) is 5.91 Å². The number of nitrogens with zero attached hydrogens (tertiary/aromatic N) is 3. The van der Waals surface area contributed by atoms with Gasteiger partial charge in [0.2, 0.25) is 5.95 Å². The van der Waals surface area contributed by atoms with E-state index in [0.717, 1.165) is 31.3 Å². The Hall–Kier alpha value is -4.08. The van der Waals surface area contributed by atoms with Gasteiger partial charge in [-0.3, -0.25) is 4.79 Å². The van der Waals surface area contributed by atoms with Crippen LogP contribution in [-0.2, 0) is 0 Å². The van der Waals surface area contributed by atoms with Gasteiger partial charge in [0.05, 0.1) is 18.3 Å². The van der Waals surface area contributed by atoms with Crippen LogP contribution in [0, 0.1) is 11.9 Å².